The van der Waals surface area contributed by atoms with Gasteiger partial charge in [0.25, 0.3) is 6.43 Å². The first-order valence-corrected chi connectivity index (χ1v) is 5.18. The maximum Gasteiger partial charge on any atom is 0.338 e. The lowest BCUT2D eigenvalue weighted by Crippen LogP contribution is -2.06. The summed E-state index contributed by atoms with van der Waals surface area (Å²) in [6, 6.07) is 3.89. The van der Waals surface area contributed by atoms with E-state index in [1.165, 1.54) is 6.07 Å². The van der Waals surface area contributed by atoms with Gasteiger partial charge in [-0.2, -0.15) is 5.26 Å². The number of nitrogens with zero attached hydrogens (tertiary/aromatic N) is 1. The molecule has 0 atom stereocenters. The van der Waals surface area contributed by atoms with Crippen molar-refractivity contribution in [2.45, 2.75) is 18.2 Å². The second-order valence-corrected chi connectivity index (χ2v) is 3.54. The lowest BCUT2D eigenvalue weighted by molar-refractivity contribution is 0.0525. The Morgan fingerprint density at radius 1 is 1.59 bits per heavy atom. The van der Waals surface area contributed by atoms with E-state index in [1.54, 1.807) is 13.0 Å². The van der Waals surface area contributed by atoms with Crippen molar-refractivity contribution in [1.82, 2.24) is 0 Å². The first kappa shape index (κ1) is 13.5. The zero-order valence-electron chi connectivity index (χ0n) is 8.91. The number of esters is 1. The number of nitriles is 1. The van der Waals surface area contributed by atoms with E-state index in [9.17, 15) is 13.6 Å². The number of halogens is 2. The zero-order valence-corrected chi connectivity index (χ0v) is 9.80. The molecule has 1 aromatic rings. The predicted octanol–water partition coefficient (Wildman–Crippen LogP) is 2.96. The molecule has 0 saturated carbocycles. The molecule has 17 heavy (non-hydrogen) atoms. The van der Waals surface area contributed by atoms with Crippen LogP contribution < -0.4 is 0 Å². The summed E-state index contributed by atoms with van der Waals surface area (Å²) in [6.45, 7) is 1.73. The quantitative estimate of drug-likeness (QED) is 0.669. The predicted molar refractivity (Wildman–Crippen MR) is 59.3 cm³/mol. The Kier molecular flexibility index (Phi) is 4.46. The van der Waals surface area contributed by atoms with Crippen LogP contribution in [-0.2, 0) is 4.74 Å². The van der Waals surface area contributed by atoms with Gasteiger partial charge < -0.3 is 4.74 Å². The number of alkyl halides is 2. The van der Waals surface area contributed by atoms with Crippen LogP contribution in [-0.4, -0.2) is 12.6 Å². The van der Waals surface area contributed by atoms with Gasteiger partial charge in [-0.25, -0.2) is 13.6 Å². The summed E-state index contributed by atoms with van der Waals surface area (Å²) in [7, 11) is 0. The van der Waals surface area contributed by atoms with Crippen LogP contribution in [0.2, 0.25) is 0 Å². The molecule has 1 rings (SSSR count). The van der Waals surface area contributed by atoms with Gasteiger partial charge in [0, 0.05) is 10.5 Å². The monoisotopic (exact) mass is 257 g/mol. The minimum Gasteiger partial charge on any atom is -0.462 e. The maximum atomic E-state index is 12.7. The van der Waals surface area contributed by atoms with Crippen molar-refractivity contribution in [2.24, 2.45) is 0 Å². The summed E-state index contributed by atoms with van der Waals surface area (Å²) >= 11 is 3.84. The molecule has 3 nitrogen and oxygen atoms in total. The molecule has 0 bridgehead atoms. The number of carbonyl (C=O) groups is 1. The van der Waals surface area contributed by atoms with Crippen molar-refractivity contribution >= 4 is 18.6 Å². The Morgan fingerprint density at radius 3 is 2.71 bits per heavy atom. The summed E-state index contributed by atoms with van der Waals surface area (Å²) in [5.74, 6) is -0.737. The van der Waals surface area contributed by atoms with Gasteiger partial charge in [0.15, 0.2) is 0 Å². The van der Waals surface area contributed by atoms with Crippen LogP contribution in [0, 0.1) is 11.3 Å². The van der Waals surface area contributed by atoms with E-state index in [1.807, 2.05) is 0 Å². The second-order valence-electron chi connectivity index (χ2n) is 3.09. The number of benzene rings is 1. The molecule has 0 saturated heterocycles. The number of thiol groups is 1. The summed E-state index contributed by atoms with van der Waals surface area (Å²) in [6.07, 6.45) is -2.80. The van der Waals surface area contributed by atoms with Gasteiger partial charge in [0.1, 0.15) is 6.07 Å². The molecule has 90 valence electrons. The highest BCUT2D eigenvalue weighted by Crippen LogP contribution is 2.29. The lowest BCUT2D eigenvalue weighted by atomic mass is 10.1. The van der Waals surface area contributed by atoms with Crippen molar-refractivity contribution in [3.63, 3.8) is 0 Å². The Labute approximate surface area is 102 Å². The Morgan fingerprint density at radius 2 is 2.24 bits per heavy atom. The smallest absolute Gasteiger partial charge is 0.338 e. The third kappa shape index (κ3) is 2.94. The molecule has 0 aliphatic carbocycles. The van der Waals surface area contributed by atoms with Crippen molar-refractivity contribution in [3.05, 3.63) is 28.8 Å². The van der Waals surface area contributed by atoms with Crippen LogP contribution in [0.3, 0.4) is 0 Å². The van der Waals surface area contributed by atoms with E-state index in [-0.39, 0.29) is 22.6 Å². The molecule has 0 heterocycles. The number of carbonyl (C=O) groups excluding carboxylic acids is 1. The van der Waals surface area contributed by atoms with Crippen LogP contribution in [0.15, 0.2) is 17.0 Å². The topological polar surface area (TPSA) is 50.1 Å². The van der Waals surface area contributed by atoms with Crippen LogP contribution in [0.4, 0.5) is 8.78 Å². The Hall–Kier alpha value is -1.61. The van der Waals surface area contributed by atoms with E-state index in [0.29, 0.717) is 0 Å². The van der Waals surface area contributed by atoms with Gasteiger partial charge in [-0.15, -0.1) is 12.6 Å². The first-order valence-electron chi connectivity index (χ1n) is 4.73. The van der Waals surface area contributed by atoms with Crippen LogP contribution in [0.5, 0.6) is 0 Å². The Balaban J connectivity index is 3.31. The van der Waals surface area contributed by atoms with Crippen molar-refractivity contribution in [1.29, 1.82) is 5.26 Å². The molecule has 0 aliphatic heterocycles. The average molecular weight is 257 g/mol. The summed E-state index contributed by atoms with van der Waals surface area (Å²) in [4.78, 5) is 11.3. The molecule has 0 radical (unpaired) electrons. The molecule has 0 aliphatic rings. The number of rotatable bonds is 3. The number of hydrogen-bond donors (Lipinski definition) is 1. The summed E-state index contributed by atoms with van der Waals surface area (Å²) < 4.78 is 30.0. The van der Waals surface area contributed by atoms with E-state index in [2.05, 4.69) is 17.4 Å². The molecular weight excluding hydrogens is 248 g/mol. The van der Waals surface area contributed by atoms with E-state index < -0.39 is 18.0 Å². The number of hydrogen-bond acceptors (Lipinski definition) is 4. The molecular formula is C11H9F2NO2S. The molecule has 6 heteroatoms. The van der Waals surface area contributed by atoms with Gasteiger partial charge in [0.2, 0.25) is 0 Å². The van der Waals surface area contributed by atoms with Gasteiger partial charge in [0.05, 0.1) is 17.7 Å². The lowest BCUT2D eigenvalue weighted by Gasteiger charge is -2.09. The molecule has 0 fully saturated rings. The maximum absolute atomic E-state index is 12.7. The minimum absolute atomic E-state index is 0.0727. The molecule has 0 aromatic heterocycles. The van der Waals surface area contributed by atoms with Crippen LogP contribution in [0.25, 0.3) is 0 Å². The van der Waals surface area contributed by atoms with Crippen LogP contribution >= 0.6 is 12.6 Å². The van der Waals surface area contributed by atoms with Gasteiger partial charge in [-0.05, 0) is 19.1 Å². The van der Waals surface area contributed by atoms with E-state index in [4.69, 9.17) is 5.26 Å². The Bertz CT molecular complexity index is 483. The van der Waals surface area contributed by atoms with Crippen molar-refractivity contribution < 1.29 is 18.3 Å². The van der Waals surface area contributed by atoms with Crippen molar-refractivity contribution in [2.75, 3.05) is 6.61 Å². The molecule has 1 aromatic carbocycles. The van der Waals surface area contributed by atoms with E-state index >= 15 is 0 Å². The SMILES string of the molecule is CCOC(=O)c1cc(C#N)c(S)c(C(F)F)c1. The summed E-state index contributed by atoms with van der Waals surface area (Å²) in [5.41, 5.74) is -0.596. The highest BCUT2D eigenvalue weighted by Gasteiger charge is 2.19. The fourth-order valence-electron chi connectivity index (χ4n) is 1.24. The van der Waals surface area contributed by atoms with Gasteiger partial charge in [-0.3, -0.25) is 0 Å². The zero-order chi connectivity index (χ0) is 13.0. The standard InChI is InChI=1S/C11H9F2NO2S/c1-2-16-11(15)6-3-7(5-14)9(17)8(4-6)10(12)13/h3-4,10,17H,2H2,1H3. The third-order valence-corrected chi connectivity index (χ3v) is 2.51. The van der Waals surface area contributed by atoms with E-state index in [0.717, 1.165) is 6.07 Å². The highest BCUT2D eigenvalue weighted by atomic mass is 32.1. The molecule has 0 N–H and O–H groups in total. The second kappa shape index (κ2) is 5.64. The third-order valence-electron chi connectivity index (χ3n) is 2.01. The fraction of sp³-hybridized carbons (Fsp3) is 0.273. The molecule has 0 unspecified atom stereocenters. The van der Waals surface area contributed by atoms with Crippen LogP contribution in [0.1, 0.15) is 34.8 Å². The average Bonchev–Trinajstić information content (AvgIpc) is 2.29. The van der Waals surface area contributed by atoms with Crippen molar-refractivity contribution in [3.8, 4) is 6.07 Å². The highest BCUT2D eigenvalue weighted by molar-refractivity contribution is 7.80. The number of ether oxygens (including phenoxy) is 1. The normalized spacial score (nSPS) is 10.1. The minimum atomic E-state index is -2.80. The largest absolute Gasteiger partial charge is 0.462 e. The fourth-order valence-corrected chi connectivity index (χ4v) is 1.52. The first-order chi connectivity index (χ1) is 8.01. The van der Waals surface area contributed by atoms with Gasteiger partial charge in [-0.1, -0.05) is 0 Å². The summed E-state index contributed by atoms with van der Waals surface area (Å²) in [5, 5.41) is 8.76. The molecule has 0 amide bonds. The van der Waals surface area contributed by atoms with Gasteiger partial charge >= 0.3 is 5.97 Å². The molecule has 0 spiro atoms.